The predicted molar refractivity (Wildman–Crippen MR) is 86.3 cm³/mol. The summed E-state index contributed by atoms with van der Waals surface area (Å²) in [6.45, 7) is 6.91. The molecule has 1 heterocycles. The summed E-state index contributed by atoms with van der Waals surface area (Å²) in [5.74, 6) is 0. The molecule has 1 saturated heterocycles. The Morgan fingerprint density at radius 2 is 1.75 bits per heavy atom. The molecule has 0 bridgehead atoms. The fraction of sp³-hybridized carbons (Fsp3) is 0.625. The molecule has 1 aromatic carbocycles. The highest BCUT2D eigenvalue weighted by molar-refractivity contribution is 5.65. The fourth-order valence-corrected chi connectivity index (χ4v) is 3.25. The quantitative estimate of drug-likeness (QED) is 0.599. The summed E-state index contributed by atoms with van der Waals surface area (Å²) in [5.41, 5.74) is -1.22. The molecule has 0 aliphatic carbocycles. The second kappa shape index (κ2) is 7.38. The van der Waals surface area contributed by atoms with Gasteiger partial charge in [0.25, 0.3) is 5.69 Å². The number of nitro groups is 1. The highest BCUT2D eigenvalue weighted by Gasteiger charge is 2.34. The second-order valence-corrected chi connectivity index (χ2v) is 5.95. The van der Waals surface area contributed by atoms with Crippen LogP contribution in [0.5, 0.6) is 0 Å². The summed E-state index contributed by atoms with van der Waals surface area (Å²) in [4.78, 5) is 14.6. The van der Waals surface area contributed by atoms with Crippen LogP contribution in [0.1, 0.15) is 32.3 Å². The van der Waals surface area contributed by atoms with Crippen LogP contribution in [0.25, 0.3) is 0 Å². The third-order valence-electron chi connectivity index (χ3n) is 4.61. The third-order valence-corrected chi connectivity index (χ3v) is 4.61. The van der Waals surface area contributed by atoms with Crippen molar-refractivity contribution in [1.29, 1.82) is 0 Å². The van der Waals surface area contributed by atoms with Gasteiger partial charge in [-0.2, -0.15) is 13.2 Å². The van der Waals surface area contributed by atoms with Gasteiger partial charge >= 0.3 is 6.18 Å². The highest BCUT2D eigenvalue weighted by Crippen LogP contribution is 2.36. The highest BCUT2D eigenvalue weighted by atomic mass is 19.4. The van der Waals surface area contributed by atoms with Crippen molar-refractivity contribution in [3.05, 3.63) is 33.9 Å². The maximum absolute atomic E-state index is 12.8. The van der Waals surface area contributed by atoms with E-state index >= 15 is 0 Å². The number of rotatable bonds is 5. The first-order valence-corrected chi connectivity index (χ1v) is 8.12. The molecule has 0 spiro atoms. The molecular formula is C16H22F3N3O2. The summed E-state index contributed by atoms with van der Waals surface area (Å²) in [7, 11) is 0. The molecule has 134 valence electrons. The van der Waals surface area contributed by atoms with E-state index in [9.17, 15) is 23.3 Å². The van der Waals surface area contributed by atoms with Crippen LogP contribution in [0.2, 0.25) is 0 Å². The van der Waals surface area contributed by atoms with E-state index in [0.29, 0.717) is 25.2 Å². The maximum atomic E-state index is 12.8. The average molecular weight is 345 g/mol. The molecule has 0 amide bonds. The molecule has 0 atom stereocenters. The lowest BCUT2D eigenvalue weighted by molar-refractivity contribution is -0.384. The van der Waals surface area contributed by atoms with Gasteiger partial charge in [-0.05, 0) is 25.0 Å². The van der Waals surface area contributed by atoms with E-state index in [2.05, 4.69) is 18.7 Å². The van der Waals surface area contributed by atoms with E-state index in [1.165, 1.54) is 6.07 Å². The molecule has 1 aliphatic heterocycles. The molecule has 0 saturated carbocycles. The van der Waals surface area contributed by atoms with Crippen LogP contribution in [-0.4, -0.2) is 42.0 Å². The normalized spacial score (nSPS) is 16.7. The summed E-state index contributed by atoms with van der Waals surface area (Å²) in [6, 6.07) is 3.24. The van der Waals surface area contributed by atoms with E-state index < -0.39 is 22.4 Å². The van der Waals surface area contributed by atoms with E-state index in [0.717, 1.165) is 32.0 Å². The first kappa shape index (κ1) is 18.5. The van der Waals surface area contributed by atoms with Crippen LogP contribution in [0, 0.1) is 10.1 Å². The Hall–Kier alpha value is -1.83. The Balaban J connectivity index is 2.20. The first-order valence-electron chi connectivity index (χ1n) is 8.12. The van der Waals surface area contributed by atoms with Gasteiger partial charge in [0.05, 0.1) is 10.5 Å². The summed E-state index contributed by atoms with van der Waals surface area (Å²) >= 11 is 0. The second-order valence-electron chi connectivity index (χ2n) is 5.95. The van der Waals surface area contributed by atoms with Gasteiger partial charge in [0.1, 0.15) is 5.69 Å². The van der Waals surface area contributed by atoms with Gasteiger partial charge in [-0.3, -0.25) is 15.0 Å². The first-order chi connectivity index (χ1) is 11.3. The topological polar surface area (TPSA) is 49.6 Å². The van der Waals surface area contributed by atoms with Crippen molar-refractivity contribution in [1.82, 2.24) is 4.90 Å². The smallest absolute Gasteiger partial charge is 0.363 e. The van der Waals surface area contributed by atoms with Crippen LogP contribution < -0.4 is 4.90 Å². The lowest BCUT2D eigenvalue weighted by atomic mass is 10.1. The van der Waals surface area contributed by atoms with E-state index in [1.54, 1.807) is 4.90 Å². The summed E-state index contributed by atoms with van der Waals surface area (Å²) < 4.78 is 38.3. The molecular weight excluding hydrogens is 323 g/mol. The zero-order valence-corrected chi connectivity index (χ0v) is 13.8. The SMILES string of the molecule is CCC(CC)N1CCN(c2ccc(C(F)(F)F)cc2[N+](=O)[O-])CC1. The van der Waals surface area contributed by atoms with Gasteiger partial charge in [0.2, 0.25) is 0 Å². The average Bonchev–Trinajstić information content (AvgIpc) is 2.55. The number of halogens is 3. The van der Waals surface area contributed by atoms with Gasteiger partial charge in [0, 0.05) is 38.3 Å². The number of hydrogen-bond donors (Lipinski definition) is 0. The van der Waals surface area contributed by atoms with Crippen molar-refractivity contribution in [3.63, 3.8) is 0 Å². The minimum atomic E-state index is -4.59. The van der Waals surface area contributed by atoms with Crippen molar-refractivity contribution in [2.24, 2.45) is 0 Å². The predicted octanol–water partition coefficient (Wildman–Crippen LogP) is 3.92. The Bertz CT molecular complexity index is 580. The fourth-order valence-electron chi connectivity index (χ4n) is 3.25. The van der Waals surface area contributed by atoms with Crippen LogP contribution in [0.15, 0.2) is 18.2 Å². The molecule has 0 radical (unpaired) electrons. The standard InChI is InChI=1S/C16H22F3N3O2/c1-3-13(4-2)20-7-9-21(10-8-20)14-6-5-12(16(17,18)19)11-15(14)22(23)24/h5-6,11,13H,3-4,7-10H2,1-2H3. The number of piperazine rings is 1. The zero-order chi connectivity index (χ0) is 17.9. The van der Waals surface area contributed by atoms with Gasteiger partial charge in [-0.1, -0.05) is 13.8 Å². The van der Waals surface area contributed by atoms with Gasteiger partial charge in [-0.25, -0.2) is 0 Å². The molecule has 0 aromatic heterocycles. The van der Waals surface area contributed by atoms with Crippen LogP contribution in [-0.2, 0) is 6.18 Å². The Morgan fingerprint density at radius 1 is 1.17 bits per heavy atom. The van der Waals surface area contributed by atoms with Crippen molar-refractivity contribution in [3.8, 4) is 0 Å². The molecule has 0 N–H and O–H groups in total. The molecule has 1 aliphatic rings. The van der Waals surface area contributed by atoms with Gasteiger partial charge in [-0.15, -0.1) is 0 Å². The number of nitro benzene ring substituents is 1. The minimum Gasteiger partial charge on any atom is -0.363 e. The number of alkyl halides is 3. The molecule has 1 aromatic rings. The lowest BCUT2D eigenvalue weighted by Gasteiger charge is -2.39. The van der Waals surface area contributed by atoms with Crippen LogP contribution in [0.3, 0.4) is 0 Å². The minimum absolute atomic E-state index is 0.261. The number of benzene rings is 1. The van der Waals surface area contributed by atoms with Crippen molar-refractivity contribution < 1.29 is 18.1 Å². The Labute approximate surface area is 139 Å². The summed E-state index contributed by atoms with van der Waals surface area (Å²) in [5, 5.41) is 11.2. The molecule has 24 heavy (non-hydrogen) atoms. The van der Waals surface area contributed by atoms with Crippen molar-refractivity contribution in [2.45, 2.75) is 38.9 Å². The Kier molecular flexibility index (Phi) is 5.69. The third kappa shape index (κ3) is 3.98. The molecule has 2 rings (SSSR count). The van der Waals surface area contributed by atoms with E-state index in [1.807, 2.05) is 0 Å². The molecule has 1 fully saturated rings. The van der Waals surface area contributed by atoms with Crippen molar-refractivity contribution >= 4 is 11.4 Å². The monoisotopic (exact) mass is 345 g/mol. The van der Waals surface area contributed by atoms with Crippen LogP contribution >= 0.6 is 0 Å². The largest absolute Gasteiger partial charge is 0.416 e. The Morgan fingerprint density at radius 3 is 2.21 bits per heavy atom. The lowest BCUT2D eigenvalue weighted by Crippen LogP contribution is -2.50. The van der Waals surface area contributed by atoms with E-state index in [4.69, 9.17) is 0 Å². The molecule has 5 nitrogen and oxygen atoms in total. The number of hydrogen-bond acceptors (Lipinski definition) is 4. The van der Waals surface area contributed by atoms with Gasteiger partial charge in [0.15, 0.2) is 0 Å². The molecule has 0 unspecified atom stereocenters. The number of nitrogens with zero attached hydrogens (tertiary/aromatic N) is 3. The number of anilines is 1. The summed E-state index contributed by atoms with van der Waals surface area (Å²) in [6.07, 6.45) is -2.51. The van der Waals surface area contributed by atoms with E-state index in [-0.39, 0.29) is 5.69 Å². The molecule has 8 heteroatoms. The maximum Gasteiger partial charge on any atom is 0.416 e. The van der Waals surface area contributed by atoms with Gasteiger partial charge < -0.3 is 4.90 Å². The van der Waals surface area contributed by atoms with Crippen LogP contribution in [0.4, 0.5) is 24.5 Å². The zero-order valence-electron chi connectivity index (χ0n) is 13.8. The van der Waals surface area contributed by atoms with Crippen molar-refractivity contribution in [2.75, 3.05) is 31.1 Å².